The average molecular weight is 308 g/mol. The SMILES string of the molecule is Cc1cc([NH+]=O)cc(C)c1-n1cccc(Br)c1=O. The summed E-state index contributed by atoms with van der Waals surface area (Å²) in [4.78, 5) is 22.7. The number of pyridine rings is 1. The third-order valence-corrected chi connectivity index (χ3v) is 3.35. The summed E-state index contributed by atoms with van der Waals surface area (Å²) in [6.45, 7) is 3.74. The van der Waals surface area contributed by atoms with Crippen molar-refractivity contribution in [2.75, 3.05) is 0 Å². The van der Waals surface area contributed by atoms with E-state index in [1.54, 1.807) is 35.0 Å². The van der Waals surface area contributed by atoms with Crippen LogP contribution >= 0.6 is 15.9 Å². The molecule has 4 nitrogen and oxygen atoms in total. The Balaban J connectivity index is 2.76. The fourth-order valence-corrected chi connectivity index (χ4v) is 2.38. The van der Waals surface area contributed by atoms with Crippen LogP contribution in [0.1, 0.15) is 11.1 Å². The van der Waals surface area contributed by atoms with Gasteiger partial charge in [-0.25, -0.2) is 0 Å². The van der Waals surface area contributed by atoms with Gasteiger partial charge >= 0.3 is 0 Å². The largest absolute Gasteiger partial charge is 0.283 e. The molecule has 92 valence electrons. The monoisotopic (exact) mass is 307 g/mol. The Hall–Kier alpha value is -1.75. The van der Waals surface area contributed by atoms with Crippen molar-refractivity contribution in [1.29, 1.82) is 0 Å². The summed E-state index contributed by atoms with van der Waals surface area (Å²) in [7, 11) is 0. The van der Waals surface area contributed by atoms with Crippen LogP contribution in [0.25, 0.3) is 5.69 Å². The molecular formula is C13H12BrN2O2+. The molecule has 1 aromatic carbocycles. The highest BCUT2D eigenvalue weighted by Crippen LogP contribution is 2.20. The van der Waals surface area contributed by atoms with Crippen molar-refractivity contribution >= 4 is 21.6 Å². The Bertz CT molecular complexity index is 654. The number of rotatable bonds is 2. The van der Waals surface area contributed by atoms with Crippen molar-refractivity contribution in [2.24, 2.45) is 0 Å². The second-order valence-electron chi connectivity index (χ2n) is 4.09. The maximum Gasteiger partial charge on any atom is 0.269 e. The van der Waals surface area contributed by atoms with E-state index in [2.05, 4.69) is 15.9 Å². The van der Waals surface area contributed by atoms with Crippen LogP contribution in [0.4, 0.5) is 5.69 Å². The number of nitrogens with one attached hydrogen (secondary N) is 1. The van der Waals surface area contributed by atoms with Gasteiger partial charge in [-0.15, -0.1) is 0 Å². The maximum absolute atomic E-state index is 12.1. The average Bonchev–Trinajstić information content (AvgIpc) is 2.33. The van der Waals surface area contributed by atoms with Gasteiger partial charge in [-0.2, -0.15) is 0 Å². The zero-order chi connectivity index (χ0) is 13.3. The maximum atomic E-state index is 12.1. The second-order valence-corrected chi connectivity index (χ2v) is 4.95. The van der Waals surface area contributed by atoms with Gasteiger partial charge in [0.25, 0.3) is 11.2 Å². The van der Waals surface area contributed by atoms with Gasteiger partial charge in [0.1, 0.15) is 0 Å². The van der Waals surface area contributed by atoms with Crippen LogP contribution < -0.4 is 10.7 Å². The zero-order valence-electron chi connectivity index (χ0n) is 10.0. The summed E-state index contributed by atoms with van der Waals surface area (Å²) in [6.07, 6.45) is 1.72. The first kappa shape index (κ1) is 12.7. The topological polar surface area (TPSA) is 53.0 Å². The summed E-state index contributed by atoms with van der Waals surface area (Å²) in [5.74, 6) is 0. The molecule has 0 saturated carbocycles. The number of nitroso groups, excluding NO2 is 1. The van der Waals surface area contributed by atoms with E-state index in [1.807, 2.05) is 19.0 Å². The Morgan fingerprint density at radius 1 is 1.22 bits per heavy atom. The van der Waals surface area contributed by atoms with Crippen LogP contribution in [-0.2, 0) is 0 Å². The van der Waals surface area contributed by atoms with Gasteiger partial charge in [0.15, 0.2) is 0 Å². The molecule has 0 aliphatic rings. The molecule has 0 saturated heterocycles. The molecule has 2 aromatic rings. The predicted molar refractivity (Wildman–Crippen MR) is 73.2 cm³/mol. The van der Waals surface area contributed by atoms with Crippen molar-refractivity contribution in [3.8, 4) is 5.69 Å². The highest BCUT2D eigenvalue weighted by molar-refractivity contribution is 9.10. The fourth-order valence-electron chi connectivity index (χ4n) is 2.04. The van der Waals surface area contributed by atoms with E-state index >= 15 is 0 Å². The van der Waals surface area contributed by atoms with E-state index in [0.29, 0.717) is 10.2 Å². The minimum absolute atomic E-state index is 0.119. The Morgan fingerprint density at radius 2 is 1.83 bits per heavy atom. The molecule has 0 spiro atoms. The second kappa shape index (κ2) is 4.86. The molecule has 0 aliphatic heterocycles. The van der Waals surface area contributed by atoms with Crippen LogP contribution in [0.15, 0.2) is 39.7 Å². The fraction of sp³-hybridized carbons (Fsp3) is 0.154. The highest BCUT2D eigenvalue weighted by atomic mass is 79.9. The molecule has 18 heavy (non-hydrogen) atoms. The third-order valence-electron chi connectivity index (χ3n) is 2.75. The summed E-state index contributed by atoms with van der Waals surface area (Å²) < 4.78 is 2.08. The number of nitrogens with zero attached hydrogens (tertiary/aromatic N) is 1. The summed E-state index contributed by atoms with van der Waals surface area (Å²) in [5.41, 5.74) is 2.92. The standard InChI is InChI=1S/C13H11BrN2O2/c1-8-6-10(15-18)7-9(2)12(8)16-5-3-4-11(14)13(16)17/h3-7H,1-2H3/p+1. The first-order chi connectivity index (χ1) is 8.54. The zero-order valence-corrected chi connectivity index (χ0v) is 11.6. The highest BCUT2D eigenvalue weighted by Gasteiger charge is 2.12. The summed E-state index contributed by atoms with van der Waals surface area (Å²) in [5, 5.41) is 1.87. The van der Waals surface area contributed by atoms with Crippen LogP contribution in [0.5, 0.6) is 0 Å². The van der Waals surface area contributed by atoms with Crippen LogP contribution in [0, 0.1) is 18.8 Å². The lowest BCUT2D eigenvalue weighted by Gasteiger charge is -2.12. The Labute approximate surface area is 112 Å². The number of aromatic nitrogens is 1. The number of hydrogen-bond donors (Lipinski definition) is 1. The molecular weight excluding hydrogens is 296 g/mol. The quantitative estimate of drug-likeness (QED) is 0.918. The lowest BCUT2D eigenvalue weighted by atomic mass is 10.1. The molecule has 0 aliphatic carbocycles. The van der Waals surface area contributed by atoms with E-state index in [1.165, 1.54) is 0 Å². The van der Waals surface area contributed by atoms with Crippen molar-refractivity contribution in [3.05, 3.63) is 61.3 Å². The summed E-state index contributed by atoms with van der Waals surface area (Å²) >= 11 is 3.22. The first-order valence-electron chi connectivity index (χ1n) is 5.41. The lowest BCUT2D eigenvalue weighted by Crippen LogP contribution is -2.55. The summed E-state index contributed by atoms with van der Waals surface area (Å²) in [6, 6.07) is 6.95. The molecule has 0 unspecified atom stereocenters. The van der Waals surface area contributed by atoms with Gasteiger partial charge in [-0.3, -0.25) is 9.36 Å². The van der Waals surface area contributed by atoms with Gasteiger partial charge in [0.2, 0.25) is 0 Å². The van der Waals surface area contributed by atoms with Gasteiger partial charge < -0.3 is 0 Å². The van der Waals surface area contributed by atoms with Crippen molar-refractivity contribution in [1.82, 2.24) is 4.57 Å². The van der Waals surface area contributed by atoms with E-state index in [-0.39, 0.29) is 5.56 Å². The Morgan fingerprint density at radius 3 is 2.39 bits per heavy atom. The smallest absolute Gasteiger partial charge is 0.269 e. The van der Waals surface area contributed by atoms with Crippen LogP contribution in [-0.4, -0.2) is 4.57 Å². The van der Waals surface area contributed by atoms with Crippen molar-refractivity contribution < 1.29 is 5.18 Å². The first-order valence-corrected chi connectivity index (χ1v) is 6.21. The number of aryl methyl sites for hydroxylation is 2. The molecule has 0 radical (unpaired) electrons. The lowest BCUT2D eigenvalue weighted by molar-refractivity contribution is -0.379. The van der Waals surface area contributed by atoms with Crippen molar-refractivity contribution in [2.45, 2.75) is 13.8 Å². The molecule has 1 aromatic heterocycles. The molecule has 2 rings (SSSR count). The van der Waals surface area contributed by atoms with E-state index in [4.69, 9.17) is 0 Å². The minimum Gasteiger partial charge on any atom is -0.283 e. The molecule has 0 atom stereocenters. The van der Waals surface area contributed by atoms with Gasteiger partial charge in [-0.05, 0) is 53.0 Å². The van der Waals surface area contributed by atoms with Gasteiger partial charge in [0.05, 0.1) is 10.2 Å². The molecule has 0 bridgehead atoms. The number of benzene rings is 1. The van der Waals surface area contributed by atoms with E-state index < -0.39 is 0 Å². The Kier molecular flexibility index (Phi) is 3.43. The van der Waals surface area contributed by atoms with Crippen molar-refractivity contribution in [3.63, 3.8) is 0 Å². The van der Waals surface area contributed by atoms with E-state index in [9.17, 15) is 9.70 Å². The normalized spacial score (nSPS) is 10.4. The minimum atomic E-state index is -0.119. The number of halogens is 1. The van der Waals surface area contributed by atoms with Crippen LogP contribution in [0.3, 0.4) is 0 Å². The molecule has 1 heterocycles. The molecule has 0 fully saturated rings. The predicted octanol–water partition coefficient (Wildman–Crippen LogP) is 1.70. The molecule has 1 N–H and O–H groups in total. The third kappa shape index (κ3) is 2.13. The number of hydrogen-bond acceptors (Lipinski definition) is 2. The van der Waals surface area contributed by atoms with E-state index in [0.717, 1.165) is 16.8 Å². The molecule has 0 amide bonds. The molecule has 5 heteroatoms. The van der Waals surface area contributed by atoms with Gasteiger partial charge in [-0.1, -0.05) is 0 Å². The van der Waals surface area contributed by atoms with Crippen LogP contribution in [0.2, 0.25) is 0 Å². The van der Waals surface area contributed by atoms with Gasteiger partial charge in [0, 0.05) is 28.4 Å².